The maximum atomic E-state index is 12.4. The SMILES string of the molecule is COc1ccc2nc(SCC(=O)NC(c3ccccc3)C(C)C)[nH]c2c1. The number of rotatable bonds is 7. The summed E-state index contributed by atoms with van der Waals surface area (Å²) >= 11 is 1.40. The molecule has 5 nitrogen and oxygen atoms in total. The number of aromatic amines is 1. The Bertz CT molecular complexity index is 877. The molecule has 0 radical (unpaired) electrons. The summed E-state index contributed by atoms with van der Waals surface area (Å²) in [6.45, 7) is 4.22. The van der Waals surface area contributed by atoms with Crippen LogP contribution >= 0.6 is 11.8 Å². The summed E-state index contributed by atoms with van der Waals surface area (Å²) in [6, 6.07) is 15.7. The summed E-state index contributed by atoms with van der Waals surface area (Å²) in [6.07, 6.45) is 0. The van der Waals surface area contributed by atoms with Crippen molar-refractivity contribution >= 4 is 28.7 Å². The van der Waals surface area contributed by atoms with Crippen molar-refractivity contribution in [2.24, 2.45) is 5.92 Å². The van der Waals surface area contributed by atoms with Crippen LogP contribution in [-0.4, -0.2) is 28.7 Å². The van der Waals surface area contributed by atoms with Crippen LogP contribution in [0.1, 0.15) is 25.5 Å². The van der Waals surface area contributed by atoms with Crippen LogP contribution in [0.15, 0.2) is 53.7 Å². The molecule has 1 aromatic heterocycles. The van der Waals surface area contributed by atoms with Gasteiger partial charge in [-0.15, -0.1) is 0 Å². The second-order valence-corrected chi connectivity index (χ2v) is 7.38. The summed E-state index contributed by atoms with van der Waals surface area (Å²) in [5, 5.41) is 3.86. The number of nitrogens with zero attached hydrogens (tertiary/aromatic N) is 1. The van der Waals surface area contributed by atoms with E-state index in [4.69, 9.17) is 4.74 Å². The zero-order chi connectivity index (χ0) is 18.5. The maximum Gasteiger partial charge on any atom is 0.230 e. The van der Waals surface area contributed by atoms with Gasteiger partial charge in [-0.1, -0.05) is 55.9 Å². The summed E-state index contributed by atoms with van der Waals surface area (Å²) in [4.78, 5) is 20.2. The average molecular weight is 369 g/mol. The van der Waals surface area contributed by atoms with E-state index < -0.39 is 0 Å². The number of hydrogen-bond acceptors (Lipinski definition) is 4. The van der Waals surface area contributed by atoms with Gasteiger partial charge in [0.15, 0.2) is 5.16 Å². The molecule has 136 valence electrons. The molecule has 0 spiro atoms. The molecular weight excluding hydrogens is 346 g/mol. The predicted octanol–water partition coefficient (Wildman–Crippen LogP) is 4.18. The Balaban J connectivity index is 1.63. The van der Waals surface area contributed by atoms with Crippen molar-refractivity contribution in [3.63, 3.8) is 0 Å². The molecule has 6 heteroatoms. The van der Waals surface area contributed by atoms with Crippen molar-refractivity contribution in [1.82, 2.24) is 15.3 Å². The molecule has 0 saturated carbocycles. The van der Waals surface area contributed by atoms with Crippen molar-refractivity contribution in [1.29, 1.82) is 0 Å². The number of H-pyrrole nitrogens is 1. The predicted molar refractivity (Wildman–Crippen MR) is 106 cm³/mol. The normalized spacial score (nSPS) is 12.3. The first-order valence-electron chi connectivity index (χ1n) is 8.57. The van der Waals surface area contributed by atoms with Crippen LogP contribution in [-0.2, 0) is 4.79 Å². The number of benzene rings is 2. The summed E-state index contributed by atoms with van der Waals surface area (Å²) in [7, 11) is 1.63. The third-order valence-corrected chi connectivity index (χ3v) is 5.02. The van der Waals surface area contributed by atoms with Crippen LogP contribution in [0.3, 0.4) is 0 Å². The van der Waals surface area contributed by atoms with Gasteiger partial charge in [-0.2, -0.15) is 0 Å². The van der Waals surface area contributed by atoms with E-state index >= 15 is 0 Å². The lowest BCUT2D eigenvalue weighted by Gasteiger charge is -2.22. The lowest BCUT2D eigenvalue weighted by molar-refractivity contribution is -0.119. The minimum atomic E-state index is -0.00408. The van der Waals surface area contributed by atoms with E-state index in [0.717, 1.165) is 27.5 Å². The van der Waals surface area contributed by atoms with Crippen LogP contribution < -0.4 is 10.1 Å². The Morgan fingerprint density at radius 3 is 2.69 bits per heavy atom. The van der Waals surface area contributed by atoms with E-state index in [1.807, 2.05) is 48.5 Å². The van der Waals surface area contributed by atoms with Crippen molar-refractivity contribution in [3.8, 4) is 5.75 Å². The fourth-order valence-electron chi connectivity index (χ4n) is 2.80. The smallest absolute Gasteiger partial charge is 0.230 e. The zero-order valence-corrected chi connectivity index (χ0v) is 16.0. The Kier molecular flexibility index (Phi) is 5.83. The van der Waals surface area contributed by atoms with Crippen LogP contribution in [0.2, 0.25) is 0 Å². The second-order valence-electron chi connectivity index (χ2n) is 6.41. The number of nitrogens with one attached hydrogen (secondary N) is 2. The zero-order valence-electron chi connectivity index (χ0n) is 15.2. The monoisotopic (exact) mass is 369 g/mol. The number of imidazole rings is 1. The van der Waals surface area contributed by atoms with Gasteiger partial charge >= 0.3 is 0 Å². The number of fused-ring (bicyclic) bond motifs is 1. The van der Waals surface area contributed by atoms with Gasteiger partial charge < -0.3 is 15.0 Å². The molecule has 0 aliphatic heterocycles. The molecule has 1 amide bonds. The number of ether oxygens (including phenoxy) is 1. The first kappa shape index (κ1) is 18.3. The Morgan fingerprint density at radius 2 is 2.00 bits per heavy atom. The molecule has 0 fully saturated rings. The number of hydrogen-bond donors (Lipinski definition) is 2. The minimum absolute atomic E-state index is 0.00392. The maximum absolute atomic E-state index is 12.4. The number of carbonyl (C=O) groups excluding carboxylic acids is 1. The summed E-state index contributed by atoms with van der Waals surface area (Å²) < 4.78 is 5.22. The number of carbonyl (C=O) groups is 1. The standard InChI is InChI=1S/C20H23N3O2S/c1-13(2)19(14-7-5-4-6-8-14)23-18(24)12-26-20-21-16-10-9-15(25-3)11-17(16)22-20/h4-11,13,19H,12H2,1-3H3,(H,21,22)(H,23,24). The van der Waals surface area contributed by atoms with Crippen molar-refractivity contribution in [3.05, 3.63) is 54.1 Å². The fraction of sp³-hybridized carbons (Fsp3) is 0.300. The molecule has 2 aromatic carbocycles. The molecule has 26 heavy (non-hydrogen) atoms. The van der Waals surface area contributed by atoms with Gasteiger partial charge in [0.1, 0.15) is 5.75 Å². The molecule has 0 bridgehead atoms. The summed E-state index contributed by atoms with van der Waals surface area (Å²) in [5.41, 5.74) is 2.88. The highest BCUT2D eigenvalue weighted by atomic mass is 32.2. The molecule has 3 aromatic rings. The van der Waals surface area contributed by atoms with Crippen LogP contribution in [0.5, 0.6) is 5.75 Å². The third-order valence-electron chi connectivity index (χ3n) is 4.15. The van der Waals surface area contributed by atoms with E-state index in [1.165, 1.54) is 11.8 Å². The molecule has 0 aliphatic rings. The number of aromatic nitrogens is 2. The van der Waals surface area contributed by atoms with Crippen LogP contribution in [0.25, 0.3) is 11.0 Å². The van der Waals surface area contributed by atoms with E-state index in [-0.39, 0.29) is 11.9 Å². The molecule has 1 atom stereocenters. The van der Waals surface area contributed by atoms with E-state index in [0.29, 0.717) is 11.7 Å². The van der Waals surface area contributed by atoms with Gasteiger partial charge in [0.05, 0.1) is 29.9 Å². The second kappa shape index (κ2) is 8.27. The van der Waals surface area contributed by atoms with E-state index in [2.05, 4.69) is 29.1 Å². The topological polar surface area (TPSA) is 67.0 Å². The average Bonchev–Trinajstić information content (AvgIpc) is 3.06. The lowest BCUT2D eigenvalue weighted by atomic mass is 9.96. The molecule has 1 unspecified atom stereocenters. The Labute approximate surface area is 157 Å². The first-order chi connectivity index (χ1) is 12.6. The highest BCUT2D eigenvalue weighted by molar-refractivity contribution is 7.99. The Hall–Kier alpha value is -2.47. The van der Waals surface area contributed by atoms with Gasteiger partial charge in [-0.25, -0.2) is 4.98 Å². The highest BCUT2D eigenvalue weighted by Gasteiger charge is 2.18. The van der Waals surface area contributed by atoms with Gasteiger partial charge in [0.25, 0.3) is 0 Å². The van der Waals surface area contributed by atoms with Crippen LogP contribution in [0, 0.1) is 5.92 Å². The van der Waals surface area contributed by atoms with Crippen LogP contribution in [0.4, 0.5) is 0 Å². The van der Waals surface area contributed by atoms with E-state index in [1.54, 1.807) is 7.11 Å². The number of thioether (sulfide) groups is 1. The molecule has 0 aliphatic carbocycles. The summed E-state index contributed by atoms with van der Waals surface area (Å²) in [5.74, 6) is 1.39. The Morgan fingerprint density at radius 1 is 1.23 bits per heavy atom. The number of amides is 1. The van der Waals surface area contributed by atoms with Crippen molar-refractivity contribution in [2.75, 3.05) is 12.9 Å². The molecule has 2 N–H and O–H groups in total. The molecular formula is C20H23N3O2S. The minimum Gasteiger partial charge on any atom is -0.497 e. The molecule has 3 rings (SSSR count). The van der Waals surface area contributed by atoms with Gasteiger partial charge in [0, 0.05) is 6.07 Å². The van der Waals surface area contributed by atoms with Crippen molar-refractivity contribution < 1.29 is 9.53 Å². The van der Waals surface area contributed by atoms with Gasteiger partial charge in [-0.3, -0.25) is 4.79 Å². The largest absolute Gasteiger partial charge is 0.497 e. The van der Waals surface area contributed by atoms with E-state index in [9.17, 15) is 4.79 Å². The molecule has 0 saturated heterocycles. The first-order valence-corrected chi connectivity index (χ1v) is 9.56. The van der Waals surface area contributed by atoms with Crippen molar-refractivity contribution in [2.45, 2.75) is 25.0 Å². The fourth-order valence-corrected chi connectivity index (χ4v) is 3.50. The quantitative estimate of drug-likeness (QED) is 0.613. The third kappa shape index (κ3) is 4.38. The van der Waals surface area contributed by atoms with Gasteiger partial charge in [0.2, 0.25) is 5.91 Å². The lowest BCUT2D eigenvalue weighted by Crippen LogP contribution is -2.32. The highest BCUT2D eigenvalue weighted by Crippen LogP contribution is 2.24. The van der Waals surface area contributed by atoms with Gasteiger partial charge in [-0.05, 0) is 23.6 Å². The molecule has 1 heterocycles. The number of methoxy groups -OCH3 is 1.